The molecule has 1 aliphatic rings. The summed E-state index contributed by atoms with van der Waals surface area (Å²) in [6.07, 6.45) is -3.32. The molecule has 1 aliphatic heterocycles. The van der Waals surface area contributed by atoms with Crippen LogP contribution >= 0.6 is 12.2 Å². The number of nitrogens with two attached hydrogens (primary N) is 1. The first-order valence-electron chi connectivity index (χ1n) is 6.02. The molecule has 0 atom stereocenters. The fourth-order valence-corrected chi connectivity index (χ4v) is 2.17. The van der Waals surface area contributed by atoms with Crippen molar-refractivity contribution in [1.82, 2.24) is 14.9 Å². The first-order chi connectivity index (χ1) is 9.36. The molecule has 1 saturated heterocycles. The molecular formula is C11H14F3N5S. The number of aromatic nitrogens is 2. The monoisotopic (exact) mass is 305 g/mol. The fraction of sp³-hybridized carbons (Fsp3) is 0.545. The summed E-state index contributed by atoms with van der Waals surface area (Å²) in [6.45, 7) is 2.94. The minimum atomic E-state index is -4.45. The lowest BCUT2D eigenvalue weighted by atomic mass is 10.3. The van der Waals surface area contributed by atoms with Crippen molar-refractivity contribution < 1.29 is 13.2 Å². The summed E-state index contributed by atoms with van der Waals surface area (Å²) in [6, 6.07) is 0.868. The predicted octanol–water partition coefficient (Wildman–Crippen LogP) is 0.903. The van der Waals surface area contributed by atoms with E-state index < -0.39 is 11.9 Å². The van der Waals surface area contributed by atoms with E-state index in [1.165, 1.54) is 0 Å². The molecule has 0 spiro atoms. The molecule has 5 nitrogen and oxygen atoms in total. The van der Waals surface area contributed by atoms with Gasteiger partial charge in [0.25, 0.3) is 0 Å². The van der Waals surface area contributed by atoms with Crippen LogP contribution in [0.1, 0.15) is 5.69 Å². The molecule has 0 amide bonds. The molecule has 0 radical (unpaired) electrons. The van der Waals surface area contributed by atoms with Gasteiger partial charge in [-0.05, 0) is 6.07 Å². The predicted molar refractivity (Wildman–Crippen MR) is 72.5 cm³/mol. The number of hydrogen-bond acceptors (Lipinski definition) is 5. The molecule has 1 aromatic heterocycles. The lowest BCUT2D eigenvalue weighted by Gasteiger charge is -2.34. The summed E-state index contributed by atoms with van der Waals surface area (Å²) >= 11 is 4.83. The van der Waals surface area contributed by atoms with E-state index in [-0.39, 0.29) is 5.95 Å². The van der Waals surface area contributed by atoms with Gasteiger partial charge < -0.3 is 10.6 Å². The summed E-state index contributed by atoms with van der Waals surface area (Å²) < 4.78 is 37.8. The Morgan fingerprint density at radius 2 is 1.95 bits per heavy atom. The lowest BCUT2D eigenvalue weighted by molar-refractivity contribution is -0.141. The molecule has 9 heteroatoms. The minimum absolute atomic E-state index is 0.106. The molecule has 1 aromatic rings. The summed E-state index contributed by atoms with van der Waals surface area (Å²) in [5, 5.41) is 0. The zero-order valence-electron chi connectivity index (χ0n) is 10.6. The third-order valence-electron chi connectivity index (χ3n) is 2.97. The first-order valence-corrected chi connectivity index (χ1v) is 6.43. The highest BCUT2D eigenvalue weighted by Gasteiger charge is 2.33. The van der Waals surface area contributed by atoms with Gasteiger partial charge in [0, 0.05) is 38.9 Å². The number of halogens is 3. The summed E-state index contributed by atoms with van der Waals surface area (Å²) in [7, 11) is 0. The number of rotatable bonds is 3. The highest BCUT2D eigenvalue weighted by Crippen LogP contribution is 2.28. The van der Waals surface area contributed by atoms with Gasteiger partial charge in [-0.3, -0.25) is 4.90 Å². The van der Waals surface area contributed by atoms with Crippen LogP contribution in [0.25, 0.3) is 0 Å². The van der Waals surface area contributed by atoms with Gasteiger partial charge in [0.15, 0.2) is 0 Å². The van der Waals surface area contributed by atoms with E-state index in [9.17, 15) is 13.2 Å². The second kappa shape index (κ2) is 5.88. The molecule has 2 heterocycles. The van der Waals surface area contributed by atoms with Crippen LogP contribution < -0.4 is 10.6 Å². The molecule has 0 aliphatic carbocycles. The number of hydrogen-bond donors (Lipinski definition) is 1. The van der Waals surface area contributed by atoms with Crippen LogP contribution in [-0.2, 0) is 6.18 Å². The summed E-state index contributed by atoms with van der Waals surface area (Å²) in [4.78, 5) is 11.7. The molecule has 20 heavy (non-hydrogen) atoms. The van der Waals surface area contributed by atoms with E-state index in [0.717, 1.165) is 12.3 Å². The van der Waals surface area contributed by atoms with Gasteiger partial charge >= 0.3 is 6.18 Å². The third-order valence-corrected chi connectivity index (χ3v) is 3.10. The van der Waals surface area contributed by atoms with Crippen molar-refractivity contribution in [3.8, 4) is 0 Å². The number of thiocarbonyl (C=S) groups is 1. The Labute approximate surface area is 119 Å². The smallest absolute Gasteiger partial charge is 0.392 e. The maximum absolute atomic E-state index is 12.6. The molecule has 1 fully saturated rings. The van der Waals surface area contributed by atoms with Crippen molar-refractivity contribution >= 4 is 23.2 Å². The number of anilines is 1. The van der Waals surface area contributed by atoms with Gasteiger partial charge in [-0.1, -0.05) is 12.2 Å². The van der Waals surface area contributed by atoms with E-state index in [2.05, 4.69) is 9.97 Å². The Bertz CT molecular complexity index is 485. The molecule has 2 rings (SSSR count). The second-order valence-corrected chi connectivity index (χ2v) is 4.99. The van der Waals surface area contributed by atoms with Crippen LogP contribution in [0.2, 0.25) is 0 Å². The molecule has 110 valence electrons. The molecule has 0 aromatic carbocycles. The maximum Gasteiger partial charge on any atom is 0.433 e. The van der Waals surface area contributed by atoms with Gasteiger partial charge in [0.1, 0.15) is 5.69 Å². The third kappa shape index (κ3) is 3.76. The van der Waals surface area contributed by atoms with E-state index in [4.69, 9.17) is 18.0 Å². The molecule has 0 saturated carbocycles. The van der Waals surface area contributed by atoms with Crippen LogP contribution in [0.4, 0.5) is 19.1 Å². The zero-order valence-corrected chi connectivity index (χ0v) is 11.4. The minimum Gasteiger partial charge on any atom is -0.392 e. The van der Waals surface area contributed by atoms with E-state index in [1.54, 1.807) is 4.90 Å². The van der Waals surface area contributed by atoms with E-state index in [1.807, 2.05) is 4.90 Å². The summed E-state index contributed by atoms with van der Waals surface area (Å²) in [5.41, 5.74) is 4.54. The standard InChI is InChI=1S/C11H14F3N5S/c12-11(13,14)8-1-2-16-10(17-8)19-5-3-18(4-6-19)7-9(15)20/h1-2H,3-7H2,(H2,15,20). The van der Waals surface area contributed by atoms with Crippen molar-refractivity contribution in [2.75, 3.05) is 37.6 Å². The summed E-state index contributed by atoms with van der Waals surface area (Å²) in [5.74, 6) is 0.106. The topological polar surface area (TPSA) is 58.3 Å². The Hall–Kier alpha value is -1.48. The quantitative estimate of drug-likeness (QED) is 0.838. The Balaban J connectivity index is 2.02. The molecule has 0 bridgehead atoms. The maximum atomic E-state index is 12.6. The van der Waals surface area contributed by atoms with Crippen LogP contribution in [-0.4, -0.2) is 52.6 Å². The van der Waals surface area contributed by atoms with E-state index in [0.29, 0.717) is 37.7 Å². The number of nitrogens with zero attached hydrogens (tertiary/aromatic N) is 4. The SMILES string of the molecule is NC(=S)CN1CCN(c2nccc(C(F)(F)F)n2)CC1. The van der Waals surface area contributed by atoms with Crippen molar-refractivity contribution in [3.63, 3.8) is 0 Å². The Morgan fingerprint density at radius 1 is 1.30 bits per heavy atom. The number of alkyl halides is 3. The van der Waals surface area contributed by atoms with Crippen LogP contribution in [0.5, 0.6) is 0 Å². The number of piperazine rings is 1. The fourth-order valence-electron chi connectivity index (χ4n) is 1.99. The van der Waals surface area contributed by atoms with Gasteiger partial charge in [-0.2, -0.15) is 13.2 Å². The average Bonchev–Trinajstić information content (AvgIpc) is 2.38. The van der Waals surface area contributed by atoms with Crippen molar-refractivity contribution in [2.45, 2.75) is 6.18 Å². The van der Waals surface area contributed by atoms with E-state index >= 15 is 0 Å². The highest BCUT2D eigenvalue weighted by molar-refractivity contribution is 7.80. The van der Waals surface area contributed by atoms with Gasteiger partial charge in [-0.15, -0.1) is 0 Å². The zero-order chi connectivity index (χ0) is 14.8. The van der Waals surface area contributed by atoms with Crippen molar-refractivity contribution in [2.24, 2.45) is 5.73 Å². The molecule has 2 N–H and O–H groups in total. The Morgan fingerprint density at radius 3 is 2.50 bits per heavy atom. The molecular weight excluding hydrogens is 291 g/mol. The second-order valence-electron chi connectivity index (χ2n) is 4.47. The van der Waals surface area contributed by atoms with Crippen LogP contribution in [0.3, 0.4) is 0 Å². The van der Waals surface area contributed by atoms with Crippen molar-refractivity contribution in [1.29, 1.82) is 0 Å². The van der Waals surface area contributed by atoms with Crippen LogP contribution in [0, 0.1) is 0 Å². The Kier molecular flexibility index (Phi) is 4.39. The van der Waals surface area contributed by atoms with Gasteiger partial charge in [0.05, 0.1) is 4.99 Å². The van der Waals surface area contributed by atoms with Crippen LogP contribution in [0.15, 0.2) is 12.3 Å². The largest absolute Gasteiger partial charge is 0.433 e. The highest BCUT2D eigenvalue weighted by atomic mass is 32.1. The lowest BCUT2D eigenvalue weighted by Crippen LogP contribution is -2.49. The first kappa shape index (κ1) is 14.9. The van der Waals surface area contributed by atoms with Gasteiger partial charge in [-0.25, -0.2) is 9.97 Å². The van der Waals surface area contributed by atoms with Gasteiger partial charge in [0.2, 0.25) is 5.95 Å². The molecule has 0 unspecified atom stereocenters. The van der Waals surface area contributed by atoms with Crippen molar-refractivity contribution in [3.05, 3.63) is 18.0 Å². The normalized spacial score (nSPS) is 17.2. The average molecular weight is 305 g/mol.